The molecule has 0 aromatic carbocycles. The summed E-state index contributed by atoms with van der Waals surface area (Å²) in [5, 5.41) is 46.2. The zero-order chi connectivity index (χ0) is 12.7. The van der Waals surface area contributed by atoms with Crippen LogP contribution in [0.15, 0.2) is 0 Å². The highest BCUT2D eigenvalue weighted by Crippen LogP contribution is 2.29. The summed E-state index contributed by atoms with van der Waals surface area (Å²) in [7, 11) is 0. The van der Waals surface area contributed by atoms with Gasteiger partial charge in [-0.3, -0.25) is 4.79 Å². The molecule has 1 fully saturated rings. The fraction of sp³-hybridized carbons (Fsp3) is 0.750. The van der Waals surface area contributed by atoms with Gasteiger partial charge < -0.3 is 30.3 Å². The summed E-state index contributed by atoms with van der Waals surface area (Å²) >= 11 is 0. The molecular formula is C8H12O8. The minimum absolute atomic E-state index is 0.865. The van der Waals surface area contributed by atoms with Crippen molar-refractivity contribution in [2.45, 2.75) is 37.1 Å². The quantitative estimate of drug-likeness (QED) is 0.337. The van der Waals surface area contributed by atoms with Crippen LogP contribution in [0.2, 0.25) is 0 Å². The van der Waals surface area contributed by atoms with E-state index in [4.69, 9.17) is 5.11 Å². The van der Waals surface area contributed by atoms with Crippen molar-refractivity contribution in [3.63, 3.8) is 0 Å². The second-order valence-corrected chi connectivity index (χ2v) is 3.56. The van der Waals surface area contributed by atoms with Gasteiger partial charge in [-0.25, -0.2) is 4.79 Å². The van der Waals surface area contributed by atoms with Gasteiger partial charge in [0.05, 0.1) is 0 Å². The molecule has 0 amide bonds. The van der Waals surface area contributed by atoms with Crippen LogP contribution in [0.3, 0.4) is 0 Å². The molecule has 5 N–H and O–H groups in total. The number of carboxylic acids is 1. The summed E-state index contributed by atoms with van der Waals surface area (Å²) < 4.78 is 4.38. The maximum absolute atomic E-state index is 11.1. The minimum Gasteiger partial charge on any atom is -0.479 e. The van der Waals surface area contributed by atoms with E-state index in [9.17, 15) is 30.0 Å². The Bertz CT molecular complexity index is 315. The molecule has 0 spiro atoms. The van der Waals surface area contributed by atoms with Crippen molar-refractivity contribution >= 4 is 11.8 Å². The molecule has 92 valence electrons. The first-order chi connectivity index (χ1) is 7.22. The first kappa shape index (κ1) is 13.0. The minimum atomic E-state index is -2.73. The average Bonchev–Trinajstić information content (AvgIpc) is 2.19. The fourth-order valence-electron chi connectivity index (χ4n) is 1.48. The van der Waals surface area contributed by atoms with Gasteiger partial charge in [0.1, 0.15) is 12.2 Å². The largest absolute Gasteiger partial charge is 0.479 e. The lowest BCUT2D eigenvalue weighted by atomic mass is 9.83. The Morgan fingerprint density at radius 3 is 2.12 bits per heavy atom. The highest BCUT2D eigenvalue weighted by Gasteiger charge is 2.59. The number of carbonyl (C=O) groups excluding carboxylic acids is 1. The number of aliphatic hydroxyl groups is 4. The van der Waals surface area contributed by atoms with Gasteiger partial charge in [0.2, 0.25) is 5.60 Å². The Morgan fingerprint density at radius 2 is 1.75 bits per heavy atom. The molecule has 0 bridgehead atoms. The van der Waals surface area contributed by atoms with Crippen molar-refractivity contribution in [3.8, 4) is 0 Å². The van der Waals surface area contributed by atoms with Gasteiger partial charge in [-0.2, -0.15) is 0 Å². The van der Waals surface area contributed by atoms with Crippen molar-refractivity contribution in [3.05, 3.63) is 0 Å². The maximum Gasteiger partial charge on any atom is 0.335 e. The van der Waals surface area contributed by atoms with Crippen LogP contribution in [0, 0.1) is 0 Å². The predicted octanol–water partition coefficient (Wildman–Crippen LogP) is -3.17. The van der Waals surface area contributed by atoms with Gasteiger partial charge in [0.15, 0.2) is 18.2 Å². The standard InChI is InChI=1S/C8H12O8/c1-2(9)8(15)5(11)3(10)4(6(12)13)16-7(8)14/h3-5,7,10-11,14-15H,1H3,(H,12,13)/t3-,4-,5+,7-,8+/m1/s1. The molecule has 5 atom stereocenters. The van der Waals surface area contributed by atoms with Crippen LogP contribution >= 0.6 is 0 Å². The zero-order valence-electron chi connectivity index (χ0n) is 8.27. The topological polar surface area (TPSA) is 145 Å². The predicted molar refractivity (Wildman–Crippen MR) is 46.2 cm³/mol. The lowest BCUT2D eigenvalue weighted by Gasteiger charge is -2.43. The molecule has 0 aromatic heterocycles. The van der Waals surface area contributed by atoms with Crippen molar-refractivity contribution in [1.29, 1.82) is 0 Å². The molecule has 8 nitrogen and oxygen atoms in total. The van der Waals surface area contributed by atoms with E-state index in [1.54, 1.807) is 0 Å². The number of carboxylic acid groups (broad SMARTS) is 1. The summed E-state index contributed by atoms with van der Waals surface area (Å²) in [6, 6.07) is 0. The van der Waals surface area contributed by atoms with E-state index in [2.05, 4.69) is 4.74 Å². The monoisotopic (exact) mass is 236 g/mol. The highest BCUT2D eigenvalue weighted by atomic mass is 16.6. The van der Waals surface area contributed by atoms with E-state index in [1.807, 2.05) is 0 Å². The molecule has 1 aliphatic heterocycles. The van der Waals surface area contributed by atoms with Crippen molar-refractivity contribution in [2.24, 2.45) is 0 Å². The van der Waals surface area contributed by atoms with Crippen LogP contribution < -0.4 is 0 Å². The average molecular weight is 236 g/mol. The van der Waals surface area contributed by atoms with Gasteiger partial charge in [0.25, 0.3) is 0 Å². The molecule has 0 saturated carbocycles. The second kappa shape index (κ2) is 4.07. The Kier molecular flexibility index (Phi) is 3.31. The molecule has 8 heteroatoms. The van der Waals surface area contributed by atoms with Crippen LogP contribution in [0.25, 0.3) is 0 Å². The van der Waals surface area contributed by atoms with Crippen molar-refractivity contribution < 1.29 is 39.9 Å². The number of rotatable bonds is 2. The van der Waals surface area contributed by atoms with E-state index in [0.717, 1.165) is 6.92 Å². The van der Waals surface area contributed by atoms with Crippen LogP contribution in [0.5, 0.6) is 0 Å². The molecule has 16 heavy (non-hydrogen) atoms. The molecule has 0 unspecified atom stereocenters. The van der Waals surface area contributed by atoms with Crippen LogP contribution in [-0.2, 0) is 14.3 Å². The number of Topliss-reactive ketones (excluding diaryl/α,β-unsaturated/α-hetero) is 1. The molecule has 1 saturated heterocycles. The number of hydrogen-bond acceptors (Lipinski definition) is 7. The molecule has 0 radical (unpaired) electrons. The first-order valence-corrected chi connectivity index (χ1v) is 4.38. The van der Waals surface area contributed by atoms with Crippen LogP contribution in [-0.4, -0.2) is 67.5 Å². The Morgan fingerprint density at radius 1 is 1.25 bits per heavy atom. The normalized spacial score (nSPS) is 44.1. The molecule has 1 rings (SSSR count). The Balaban J connectivity index is 3.06. The third kappa shape index (κ3) is 1.70. The van der Waals surface area contributed by atoms with E-state index in [0.29, 0.717) is 0 Å². The summed E-state index contributed by atoms with van der Waals surface area (Å²) in [4.78, 5) is 21.6. The highest BCUT2D eigenvalue weighted by molar-refractivity contribution is 5.87. The second-order valence-electron chi connectivity index (χ2n) is 3.56. The molecular weight excluding hydrogens is 224 g/mol. The number of hydrogen-bond donors (Lipinski definition) is 5. The van der Waals surface area contributed by atoms with E-state index < -0.39 is 42.0 Å². The SMILES string of the molecule is CC(=O)[C@@]1(O)[C@H](O)O[C@@H](C(=O)O)[C@@H](O)[C@@H]1O. The Hall–Kier alpha value is -1.06. The van der Waals surface area contributed by atoms with Crippen molar-refractivity contribution in [2.75, 3.05) is 0 Å². The molecule has 0 aromatic rings. The smallest absolute Gasteiger partial charge is 0.335 e. The summed E-state index contributed by atoms with van der Waals surface area (Å²) in [6.07, 6.45) is -8.29. The van der Waals surface area contributed by atoms with E-state index >= 15 is 0 Å². The number of carbonyl (C=O) groups is 2. The Labute approximate surface area is 89.7 Å². The molecule has 0 aliphatic carbocycles. The number of aliphatic carboxylic acids is 1. The van der Waals surface area contributed by atoms with Gasteiger partial charge in [0, 0.05) is 0 Å². The van der Waals surface area contributed by atoms with Gasteiger partial charge >= 0.3 is 5.97 Å². The maximum atomic E-state index is 11.1. The molecule has 1 heterocycles. The number of aliphatic hydroxyl groups excluding tert-OH is 3. The summed E-state index contributed by atoms with van der Waals surface area (Å²) in [5.41, 5.74) is -2.73. The summed E-state index contributed by atoms with van der Waals surface area (Å²) in [5.74, 6) is -2.67. The fourth-order valence-corrected chi connectivity index (χ4v) is 1.48. The summed E-state index contributed by atoms with van der Waals surface area (Å²) in [6.45, 7) is 0.865. The van der Waals surface area contributed by atoms with E-state index in [1.165, 1.54) is 0 Å². The molecule has 1 aliphatic rings. The third-order valence-corrected chi connectivity index (χ3v) is 2.54. The third-order valence-electron chi connectivity index (χ3n) is 2.54. The lowest BCUT2D eigenvalue weighted by molar-refractivity contribution is -0.309. The van der Waals surface area contributed by atoms with Gasteiger partial charge in [-0.1, -0.05) is 0 Å². The zero-order valence-corrected chi connectivity index (χ0v) is 8.27. The van der Waals surface area contributed by atoms with E-state index in [-0.39, 0.29) is 0 Å². The van der Waals surface area contributed by atoms with Gasteiger partial charge in [-0.15, -0.1) is 0 Å². The lowest BCUT2D eigenvalue weighted by Crippen LogP contribution is -2.70. The van der Waals surface area contributed by atoms with Crippen LogP contribution in [0.4, 0.5) is 0 Å². The number of ether oxygens (including phenoxy) is 1. The van der Waals surface area contributed by atoms with Crippen molar-refractivity contribution in [1.82, 2.24) is 0 Å². The van der Waals surface area contributed by atoms with Crippen LogP contribution in [0.1, 0.15) is 6.92 Å². The van der Waals surface area contributed by atoms with Gasteiger partial charge in [-0.05, 0) is 6.92 Å². The number of ketones is 1. The first-order valence-electron chi connectivity index (χ1n) is 4.38.